The number of pyridine rings is 1. The van der Waals surface area contributed by atoms with Crippen molar-refractivity contribution in [1.82, 2.24) is 9.88 Å². The van der Waals surface area contributed by atoms with Gasteiger partial charge in [0.15, 0.2) is 0 Å². The second kappa shape index (κ2) is 8.51. The number of primary amides is 1. The first-order valence-corrected chi connectivity index (χ1v) is 12.3. The van der Waals surface area contributed by atoms with Crippen molar-refractivity contribution in [3.8, 4) is 0 Å². The SMILES string of the molecule is CC(C)(C)c1cc(C(=O)N2C(C(N)=O)CC3CC32[C@@H](c2ccc(C(F)(F)F)cc2F)C2COC2)ccn1. The number of nitrogens with zero attached hydrogens (tertiary/aromatic N) is 2. The first-order valence-electron chi connectivity index (χ1n) is 12.3. The van der Waals surface area contributed by atoms with E-state index in [1.165, 1.54) is 11.1 Å². The molecule has 3 fully saturated rings. The molecule has 1 aromatic carbocycles. The molecule has 6 nitrogen and oxygen atoms in total. The number of carbonyl (C=O) groups is 2. The largest absolute Gasteiger partial charge is 0.416 e. The Labute approximate surface area is 212 Å². The summed E-state index contributed by atoms with van der Waals surface area (Å²) in [6, 6.07) is 4.88. The lowest BCUT2D eigenvalue weighted by molar-refractivity contribution is -0.137. The van der Waals surface area contributed by atoms with Crippen LogP contribution in [0.25, 0.3) is 0 Å². The fraction of sp³-hybridized carbons (Fsp3) is 0.519. The highest BCUT2D eigenvalue weighted by Gasteiger charge is 2.72. The lowest BCUT2D eigenvalue weighted by Gasteiger charge is -2.44. The topological polar surface area (TPSA) is 85.5 Å². The summed E-state index contributed by atoms with van der Waals surface area (Å²) in [7, 11) is 0. The number of carbonyl (C=O) groups excluding carboxylic acids is 2. The smallest absolute Gasteiger partial charge is 0.381 e. The minimum Gasteiger partial charge on any atom is -0.381 e. The number of likely N-dealkylation sites (tertiary alicyclic amines) is 1. The fourth-order valence-electron chi connectivity index (χ4n) is 6.13. The van der Waals surface area contributed by atoms with Crippen molar-refractivity contribution in [2.24, 2.45) is 17.6 Å². The third kappa shape index (κ3) is 4.19. The van der Waals surface area contributed by atoms with Gasteiger partial charge in [-0.05, 0) is 48.6 Å². The lowest BCUT2D eigenvalue weighted by atomic mass is 9.76. The van der Waals surface area contributed by atoms with Gasteiger partial charge in [0, 0.05) is 34.7 Å². The van der Waals surface area contributed by atoms with E-state index in [-0.39, 0.29) is 36.0 Å². The van der Waals surface area contributed by atoms with Gasteiger partial charge in [-0.3, -0.25) is 14.6 Å². The standard InChI is InChI=1S/C27H29F4N3O3/c1-25(2,3)21-8-14(6-7-33-21)24(36)34-20(23(32)35)10-17-11-26(17,34)22(15-12-37-13-15)18-5-4-16(9-19(18)28)27(29,30)31/h4-9,15,17,20,22H,10-13H2,1-3H3,(H2,32,35)/t17?,20?,22-,26?/m1/s1. The monoisotopic (exact) mass is 519 g/mol. The number of nitrogens with two attached hydrogens (primary N) is 1. The molecule has 3 aliphatic rings. The van der Waals surface area contributed by atoms with Gasteiger partial charge in [-0.2, -0.15) is 13.2 Å². The minimum atomic E-state index is -4.69. The van der Waals surface area contributed by atoms with E-state index in [2.05, 4.69) is 4.98 Å². The summed E-state index contributed by atoms with van der Waals surface area (Å²) in [6.07, 6.45) is -2.33. The summed E-state index contributed by atoms with van der Waals surface area (Å²) < 4.78 is 60.4. The minimum absolute atomic E-state index is 0.0943. The molecule has 10 heteroatoms. The molecule has 3 unspecified atom stereocenters. The average molecular weight is 520 g/mol. The normalized spacial score (nSPS) is 26.4. The number of fused-ring (bicyclic) bond motifs is 1. The number of hydrogen-bond acceptors (Lipinski definition) is 4. The van der Waals surface area contributed by atoms with Crippen LogP contribution in [0.2, 0.25) is 0 Å². The summed E-state index contributed by atoms with van der Waals surface area (Å²) in [6.45, 7) is 6.46. The van der Waals surface area contributed by atoms with Crippen molar-refractivity contribution in [3.63, 3.8) is 0 Å². The molecule has 1 saturated carbocycles. The van der Waals surface area contributed by atoms with Gasteiger partial charge >= 0.3 is 6.18 Å². The number of piperidine rings is 1. The molecule has 1 aromatic heterocycles. The molecule has 198 valence electrons. The number of ether oxygens (including phenoxy) is 1. The summed E-state index contributed by atoms with van der Waals surface area (Å²) in [5.41, 5.74) is 4.48. The number of aromatic nitrogens is 1. The van der Waals surface area contributed by atoms with E-state index < -0.39 is 46.9 Å². The van der Waals surface area contributed by atoms with E-state index in [9.17, 15) is 22.8 Å². The molecule has 0 radical (unpaired) electrons. The third-order valence-corrected chi connectivity index (χ3v) is 8.05. The molecule has 4 atom stereocenters. The number of halogens is 4. The van der Waals surface area contributed by atoms with Crippen LogP contribution >= 0.6 is 0 Å². The molecule has 5 rings (SSSR count). The van der Waals surface area contributed by atoms with Crippen molar-refractivity contribution < 1.29 is 31.9 Å². The number of benzene rings is 1. The molecule has 2 amide bonds. The lowest BCUT2D eigenvalue weighted by Crippen LogP contribution is -2.55. The summed E-state index contributed by atoms with van der Waals surface area (Å²) in [5, 5.41) is 0. The van der Waals surface area contributed by atoms with Crippen molar-refractivity contribution in [2.45, 2.75) is 62.7 Å². The molecule has 2 saturated heterocycles. The van der Waals surface area contributed by atoms with Crippen LogP contribution in [-0.4, -0.2) is 46.5 Å². The molecule has 2 aromatic rings. The molecule has 1 aliphatic carbocycles. The number of hydrogen-bond donors (Lipinski definition) is 1. The van der Waals surface area contributed by atoms with E-state index in [1.54, 1.807) is 12.1 Å². The van der Waals surface area contributed by atoms with Crippen molar-refractivity contribution in [1.29, 1.82) is 0 Å². The molecular weight excluding hydrogens is 490 g/mol. The van der Waals surface area contributed by atoms with Gasteiger partial charge in [-0.15, -0.1) is 0 Å². The second-order valence-corrected chi connectivity index (χ2v) is 11.4. The van der Waals surface area contributed by atoms with Crippen molar-refractivity contribution in [3.05, 3.63) is 64.7 Å². The Bertz CT molecular complexity index is 1250. The van der Waals surface area contributed by atoms with Crippen LogP contribution in [0.3, 0.4) is 0 Å². The summed E-state index contributed by atoms with van der Waals surface area (Å²) in [5.74, 6) is -3.08. The number of amides is 2. The van der Waals surface area contributed by atoms with Gasteiger partial charge in [-0.25, -0.2) is 4.39 Å². The molecule has 2 aliphatic heterocycles. The third-order valence-electron chi connectivity index (χ3n) is 8.05. The fourth-order valence-corrected chi connectivity index (χ4v) is 6.13. The van der Waals surface area contributed by atoms with Gasteiger partial charge in [0.05, 0.1) is 24.3 Å². The summed E-state index contributed by atoms with van der Waals surface area (Å²) >= 11 is 0. The summed E-state index contributed by atoms with van der Waals surface area (Å²) in [4.78, 5) is 32.4. The van der Waals surface area contributed by atoms with Crippen LogP contribution in [0.15, 0.2) is 36.5 Å². The zero-order valence-corrected chi connectivity index (χ0v) is 20.8. The molecule has 37 heavy (non-hydrogen) atoms. The van der Waals surface area contributed by atoms with E-state index in [1.807, 2.05) is 20.8 Å². The predicted molar refractivity (Wildman–Crippen MR) is 126 cm³/mol. The maximum absolute atomic E-state index is 15.3. The zero-order valence-electron chi connectivity index (χ0n) is 20.8. The Morgan fingerprint density at radius 3 is 2.41 bits per heavy atom. The Hall–Kier alpha value is -3.01. The quantitative estimate of drug-likeness (QED) is 0.593. The zero-order chi connectivity index (χ0) is 26.9. The van der Waals surface area contributed by atoms with E-state index in [0.717, 1.165) is 12.1 Å². The van der Waals surface area contributed by atoms with Gasteiger partial charge in [0.1, 0.15) is 11.9 Å². The Kier molecular flexibility index (Phi) is 5.89. The highest BCUT2D eigenvalue weighted by molar-refractivity contribution is 5.99. The van der Waals surface area contributed by atoms with E-state index >= 15 is 4.39 Å². The van der Waals surface area contributed by atoms with Crippen LogP contribution in [0, 0.1) is 17.7 Å². The van der Waals surface area contributed by atoms with Gasteiger partial charge < -0.3 is 15.4 Å². The van der Waals surface area contributed by atoms with Crippen molar-refractivity contribution in [2.75, 3.05) is 13.2 Å². The first-order chi connectivity index (χ1) is 17.2. The average Bonchev–Trinajstić information content (AvgIpc) is 3.39. The van der Waals surface area contributed by atoms with Crippen LogP contribution < -0.4 is 5.73 Å². The molecule has 3 heterocycles. The van der Waals surface area contributed by atoms with Gasteiger partial charge in [-0.1, -0.05) is 26.8 Å². The molecule has 0 bridgehead atoms. The van der Waals surface area contributed by atoms with Gasteiger partial charge in [0.2, 0.25) is 5.91 Å². The van der Waals surface area contributed by atoms with Crippen LogP contribution in [0.5, 0.6) is 0 Å². The predicted octanol–water partition coefficient (Wildman–Crippen LogP) is 4.43. The van der Waals surface area contributed by atoms with Crippen LogP contribution in [0.1, 0.15) is 66.7 Å². The second-order valence-electron chi connectivity index (χ2n) is 11.4. The highest BCUT2D eigenvalue weighted by Crippen LogP contribution is 2.67. The molecule has 0 spiro atoms. The van der Waals surface area contributed by atoms with Crippen LogP contribution in [-0.2, 0) is 21.1 Å². The maximum Gasteiger partial charge on any atom is 0.416 e. The van der Waals surface area contributed by atoms with Gasteiger partial charge in [0.25, 0.3) is 5.91 Å². The first kappa shape index (κ1) is 25.6. The number of rotatable bonds is 5. The number of alkyl halides is 3. The van der Waals surface area contributed by atoms with E-state index in [0.29, 0.717) is 30.2 Å². The highest BCUT2D eigenvalue weighted by atomic mass is 19.4. The molecular formula is C27H29F4N3O3. The molecule has 2 N–H and O–H groups in total. The maximum atomic E-state index is 15.3. The van der Waals surface area contributed by atoms with E-state index in [4.69, 9.17) is 10.5 Å². The van der Waals surface area contributed by atoms with Crippen molar-refractivity contribution >= 4 is 11.8 Å². The Morgan fingerprint density at radius 2 is 1.86 bits per heavy atom. The Balaban J connectivity index is 1.60. The van der Waals surface area contributed by atoms with Crippen LogP contribution in [0.4, 0.5) is 17.6 Å². The Morgan fingerprint density at radius 1 is 1.16 bits per heavy atom.